The monoisotopic (exact) mass is 328 g/mol. The third-order valence-electron chi connectivity index (χ3n) is 3.59. The van der Waals surface area contributed by atoms with Crippen molar-refractivity contribution in [2.75, 3.05) is 24.8 Å². The molecule has 0 fully saturated rings. The summed E-state index contributed by atoms with van der Waals surface area (Å²) in [6.45, 7) is 8.51. The molecule has 1 unspecified atom stereocenters. The molecule has 1 atom stereocenters. The number of halogens is 1. The fraction of sp³-hybridized carbons (Fsp3) is 0.615. The highest BCUT2D eigenvalue weighted by Crippen LogP contribution is 2.36. The van der Waals surface area contributed by atoms with Crippen molar-refractivity contribution < 1.29 is 14.8 Å². The molecule has 2 N–H and O–H groups in total. The lowest BCUT2D eigenvalue weighted by Gasteiger charge is -2.21. The van der Waals surface area contributed by atoms with Crippen molar-refractivity contribution in [1.29, 1.82) is 0 Å². The Bertz CT molecular complexity index is 499. The third kappa shape index (κ3) is 4.43. The molecule has 1 aromatic heterocycles. The topological polar surface area (TPSA) is 65.8 Å². The summed E-state index contributed by atoms with van der Waals surface area (Å²) in [5.74, 6) is 0.318. The lowest BCUT2D eigenvalue weighted by Crippen LogP contribution is -2.32. The fourth-order valence-corrected chi connectivity index (χ4v) is 3.22. The van der Waals surface area contributed by atoms with Crippen molar-refractivity contribution in [3.05, 3.63) is 22.8 Å². The van der Waals surface area contributed by atoms with Crippen LogP contribution in [-0.4, -0.2) is 50.1 Å². The van der Waals surface area contributed by atoms with E-state index in [4.69, 9.17) is 16.3 Å². The first-order chi connectivity index (χ1) is 9.78. The van der Waals surface area contributed by atoms with Crippen LogP contribution in [0.15, 0.2) is 12.1 Å². The van der Waals surface area contributed by atoms with E-state index in [1.807, 2.05) is 4.90 Å². The quantitative estimate of drug-likeness (QED) is 0.475. The number of pyridine rings is 1. The zero-order chi connectivity index (χ0) is 15.6. The average Bonchev–Trinajstić information content (AvgIpc) is 2.72. The van der Waals surface area contributed by atoms with Gasteiger partial charge < -0.3 is 19.7 Å². The van der Waals surface area contributed by atoms with E-state index in [0.717, 1.165) is 11.6 Å². The number of fused-ring (bicyclic) bond motifs is 1. The van der Waals surface area contributed by atoms with Crippen molar-refractivity contribution in [3.8, 4) is 0 Å². The molecule has 21 heavy (non-hydrogen) atoms. The standard InChI is InChI=1S/C13H22BClN2O3Si/c1-21(2,3)7-6-20-9-17-8-11(14(18)19)10-4-5-12(15)16-13(10)17/h4-5,11,18-19H,6-9H2,1-3H3. The van der Waals surface area contributed by atoms with Gasteiger partial charge in [0.15, 0.2) is 0 Å². The summed E-state index contributed by atoms with van der Waals surface area (Å²) in [6, 6.07) is 4.57. The van der Waals surface area contributed by atoms with Crippen molar-refractivity contribution in [3.63, 3.8) is 0 Å². The van der Waals surface area contributed by atoms with Gasteiger partial charge in [-0.15, -0.1) is 0 Å². The van der Waals surface area contributed by atoms with Crippen LogP contribution < -0.4 is 4.90 Å². The average molecular weight is 329 g/mol. The fourth-order valence-electron chi connectivity index (χ4n) is 2.32. The van der Waals surface area contributed by atoms with Crippen LogP contribution in [0.5, 0.6) is 0 Å². The lowest BCUT2D eigenvalue weighted by molar-refractivity contribution is 0.147. The molecule has 0 radical (unpaired) electrons. The van der Waals surface area contributed by atoms with Crippen LogP contribution in [0.25, 0.3) is 0 Å². The van der Waals surface area contributed by atoms with E-state index in [-0.39, 0.29) is 5.82 Å². The number of aromatic nitrogens is 1. The van der Waals surface area contributed by atoms with E-state index in [1.54, 1.807) is 12.1 Å². The summed E-state index contributed by atoms with van der Waals surface area (Å²) < 4.78 is 5.73. The maximum absolute atomic E-state index is 9.50. The molecule has 1 aliphatic heterocycles. The Morgan fingerprint density at radius 2 is 2.14 bits per heavy atom. The van der Waals surface area contributed by atoms with Gasteiger partial charge >= 0.3 is 7.12 Å². The molecule has 0 bridgehead atoms. The smallest absolute Gasteiger partial charge is 0.427 e. The van der Waals surface area contributed by atoms with Gasteiger partial charge in [0.2, 0.25) is 0 Å². The molecule has 0 aliphatic carbocycles. The molecule has 2 rings (SSSR count). The number of rotatable bonds is 6. The van der Waals surface area contributed by atoms with Crippen molar-refractivity contribution in [1.82, 2.24) is 4.98 Å². The lowest BCUT2D eigenvalue weighted by atomic mass is 9.70. The van der Waals surface area contributed by atoms with Crippen LogP contribution in [0, 0.1) is 0 Å². The Labute approximate surface area is 132 Å². The SMILES string of the molecule is C[Si](C)(C)CCOCN1CC(B(O)O)c2ccc(Cl)nc21. The third-order valence-corrected chi connectivity index (χ3v) is 5.51. The molecule has 0 saturated carbocycles. The predicted octanol–water partition coefficient (Wildman–Crippen LogP) is 1.96. The molecule has 0 aromatic carbocycles. The first-order valence-corrected chi connectivity index (χ1v) is 11.2. The number of nitrogens with zero attached hydrogens (tertiary/aromatic N) is 2. The van der Waals surface area contributed by atoms with E-state index in [0.29, 0.717) is 30.9 Å². The number of ether oxygens (including phenoxy) is 1. The Hall–Kier alpha value is -0.598. The van der Waals surface area contributed by atoms with E-state index >= 15 is 0 Å². The second-order valence-corrected chi connectivity index (χ2v) is 12.6. The maximum atomic E-state index is 9.50. The second-order valence-electron chi connectivity index (χ2n) is 6.64. The van der Waals surface area contributed by atoms with E-state index in [2.05, 4.69) is 24.6 Å². The molecule has 0 spiro atoms. The predicted molar refractivity (Wildman–Crippen MR) is 88.5 cm³/mol. The second kappa shape index (κ2) is 6.66. The van der Waals surface area contributed by atoms with Crippen molar-refractivity contribution in [2.45, 2.75) is 31.5 Å². The highest BCUT2D eigenvalue weighted by Gasteiger charge is 2.37. The molecule has 116 valence electrons. The molecular weight excluding hydrogens is 307 g/mol. The Kier molecular flexibility index (Phi) is 5.32. The molecule has 0 amide bonds. The Morgan fingerprint density at radius 3 is 2.76 bits per heavy atom. The minimum absolute atomic E-state index is 0.370. The van der Waals surface area contributed by atoms with Gasteiger partial charge in [-0.1, -0.05) is 37.3 Å². The van der Waals surface area contributed by atoms with Gasteiger partial charge in [0, 0.05) is 27.0 Å². The van der Waals surface area contributed by atoms with Gasteiger partial charge in [-0.2, -0.15) is 0 Å². The molecule has 0 saturated heterocycles. The normalized spacial score (nSPS) is 18.0. The summed E-state index contributed by atoms with van der Waals surface area (Å²) in [5, 5.41) is 19.4. The molecule has 8 heteroatoms. The first-order valence-electron chi connectivity index (χ1n) is 7.13. The van der Waals surface area contributed by atoms with Gasteiger partial charge in [0.05, 0.1) is 0 Å². The molecule has 1 aliphatic rings. The van der Waals surface area contributed by atoms with Crippen molar-refractivity contribution in [2.24, 2.45) is 0 Å². The van der Waals surface area contributed by atoms with Gasteiger partial charge in [-0.3, -0.25) is 0 Å². The van der Waals surface area contributed by atoms with Gasteiger partial charge in [-0.25, -0.2) is 4.98 Å². The molecule has 1 aromatic rings. The number of hydrogen-bond donors (Lipinski definition) is 2. The number of anilines is 1. The van der Waals surface area contributed by atoms with E-state index in [9.17, 15) is 10.0 Å². The highest BCUT2D eigenvalue weighted by atomic mass is 35.5. The van der Waals surface area contributed by atoms with Crippen LogP contribution in [0.2, 0.25) is 30.8 Å². The summed E-state index contributed by atoms with van der Waals surface area (Å²) in [7, 11) is -2.51. The zero-order valence-corrected chi connectivity index (χ0v) is 14.5. The van der Waals surface area contributed by atoms with E-state index < -0.39 is 15.2 Å². The van der Waals surface area contributed by atoms with Gasteiger partial charge in [0.1, 0.15) is 17.7 Å². The van der Waals surface area contributed by atoms with Crippen LogP contribution in [0.4, 0.5) is 5.82 Å². The van der Waals surface area contributed by atoms with Gasteiger partial charge in [-0.05, 0) is 17.7 Å². The summed E-state index contributed by atoms with van der Waals surface area (Å²) in [6.07, 6.45) is 0. The summed E-state index contributed by atoms with van der Waals surface area (Å²) in [4.78, 5) is 6.21. The zero-order valence-electron chi connectivity index (χ0n) is 12.7. The Morgan fingerprint density at radius 1 is 1.43 bits per heavy atom. The molecule has 5 nitrogen and oxygen atoms in total. The largest absolute Gasteiger partial charge is 0.461 e. The highest BCUT2D eigenvalue weighted by molar-refractivity contribution is 6.76. The summed E-state index contributed by atoms with van der Waals surface area (Å²) >= 11 is 5.94. The summed E-state index contributed by atoms with van der Waals surface area (Å²) in [5.41, 5.74) is 0.809. The van der Waals surface area contributed by atoms with Crippen LogP contribution in [0.1, 0.15) is 11.4 Å². The number of hydrogen-bond acceptors (Lipinski definition) is 5. The van der Waals surface area contributed by atoms with Crippen molar-refractivity contribution >= 4 is 32.6 Å². The van der Waals surface area contributed by atoms with Crippen LogP contribution in [-0.2, 0) is 4.74 Å². The minimum atomic E-state index is -1.40. The maximum Gasteiger partial charge on any atom is 0.461 e. The van der Waals surface area contributed by atoms with Crippen LogP contribution in [0.3, 0.4) is 0 Å². The Balaban J connectivity index is 2.00. The molecule has 2 heterocycles. The van der Waals surface area contributed by atoms with Crippen LogP contribution >= 0.6 is 11.6 Å². The first kappa shape index (κ1) is 16.8. The van der Waals surface area contributed by atoms with E-state index in [1.165, 1.54) is 0 Å². The molecular formula is C13H22BClN2O3Si. The van der Waals surface area contributed by atoms with Gasteiger partial charge in [0.25, 0.3) is 0 Å². The minimum Gasteiger partial charge on any atom is -0.427 e.